The molecule has 1 aromatic heterocycles. The summed E-state index contributed by atoms with van der Waals surface area (Å²) in [7, 11) is 0. The number of nitrogens with one attached hydrogen (secondary N) is 1. The molecule has 0 aromatic carbocycles. The number of nitrogen functional groups attached to an aromatic ring is 1. The van der Waals surface area contributed by atoms with E-state index < -0.39 is 0 Å². The first kappa shape index (κ1) is 9.15. The molecule has 3 N–H and O–H groups in total. The van der Waals surface area contributed by atoms with E-state index in [1.54, 1.807) is 0 Å². The molecule has 3 nitrogen and oxygen atoms in total. The maximum Gasteiger partial charge on any atom is 0.143 e. The van der Waals surface area contributed by atoms with Gasteiger partial charge in [-0.3, -0.25) is 4.98 Å². The molecule has 0 radical (unpaired) electrons. The van der Waals surface area contributed by atoms with Gasteiger partial charge in [-0.1, -0.05) is 6.08 Å². The van der Waals surface area contributed by atoms with E-state index >= 15 is 0 Å². The normalized spacial score (nSPS) is 16.5. The molecular weight excluding hydrogens is 181 g/mol. The number of aromatic nitrogens is 1. The van der Waals surface area contributed by atoms with Crippen molar-refractivity contribution in [3.63, 3.8) is 0 Å². The Labute approximate surface area is 81.8 Å². The van der Waals surface area contributed by atoms with Gasteiger partial charge in [-0.05, 0) is 18.5 Å². The summed E-state index contributed by atoms with van der Waals surface area (Å²) in [5.74, 6) is -0.388. The molecule has 0 amide bonds. The summed E-state index contributed by atoms with van der Waals surface area (Å²) < 4.78 is 12.7. The molecule has 0 saturated carbocycles. The zero-order chi connectivity index (χ0) is 9.97. The molecule has 0 fully saturated rings. The van der Waals surface area contributed by atoms with Crippen LogP contribution in [0.15, 0.2) is 18.3 Å². The van der Waals surface area contributed by atoms with Gasteiger partial charge in [-0.25, -0.2) is 4.39 Å². The summed E-state index contributed by atoms with van der Waals surface area (Å²) in [6, 6.07) is 1.31. The van der Waals surface area contributed by atoms with Crippen molar-refractivity contribution < 1.29 is 4.39 Å². The van der Waals surface area contributed by atoms with Crippen LogP contribution in [0.3, 0.4) is 0 Å². The summed E-state index contributed by atoms with van der Waals surface area (Å²) in [6.07, 6.45) is 4.14. The van der Waals surface area contributed by atoms with Crippen LogP contribution in [0.25, 0.3) is 5.57 Å². The van der Waals surface area contributed by atoms with Crippen LogP contribution in [0.2, 0.25) is 0 Å². The van der Waals surface area contributed by atoms with E-state index in [4.69, 9.17) is 5.73 Å². The second-order valence-corrected chi connectivity index (χ2v) is 3.27. The number of nitrogens with two attached hydrogens (primary N) is 1. The van der Waals surface area contributed by atoms with E-state index in [1.165, 1.54) is 12.3 Å². The third-order valence-corrected chi connectivity index (χ3v) is 2.25. The maximum absolute atomic E-state index is 12.7. The fraction of sp³-hybridized carbons (Fsp3) is 0.300. The number of pyridine rings is 1. The second kappa shape index (κ2) is 3.75. The lowest BCUT2D eigenvalue weighted by Crippen LogP contribution is -2.20. The molecular formula is C10H12FN3. The van der Waals surface area contributed by atoms with E-state index in [0.29, 0.717) is 11.4 Å². The van der Waals surface area contributed by atoms with E-state index in [-0.39, 0.29) is 5.82 Å². The Morgan fingerprint density at radius 2 is 2.36 bits per heavy atom. The highest BCUT2D eigenvalue weighted by Crippen LogP contribution is 2.23. The highest BCUT2D eigenvalue weighted by atomic mass is 19.1. The van der Waals surface area contributed by atoms with Crippen LogP contribution in [0.4, 0.5) is 10.1 Å². The van der Waals surface area contributed by atoms with Gasteiger partial charge < -0.3 is 11.1 Å². The van der Waals surface area contributed by atoms with E-state index in [9.17, 15) is 4.39 Å². The molecule has 0 saturated heterocycles. The Hall–Kier alpha value is -1.42. The monoisotopic (exact) mass is 193 g/mol. The van der Waals surface area contributed by atoms with Gasteiger partial charge in [0.1, 0.15) is 5.82 Å². The van der Waals surface area contributed by atoms with Crippen molar-refractivity contribution in [3.8, 4) is 0 Å². The zero-order valence-electron chi connectivity index (χ0n) is 7.76. The minimum Gasteiger partial charge on any atom is -0.397 e. The van der Waals surface area contributed by atoms with Crippen molar-refractivity contribution in [3.05, 3.63) is 29.9 Å². The van der Waals surface area contributed by atoms with Crippen LogP contribution in [0.5, 0.6) is 0 Å². The highest BCUT2D eigenvalue weighted by Gasteiger charge is 2.10. The summed E-state index contributed by atoms with van der Waals surface area (Å²) in [6.45, 7) is 1.75. The molecule has 1 aliphatic heterocycles. The molecule has 0 atom stereocenters. The van der Waals surface area contributed by atoms with Crippen molar-refractivity contribution in [1.29, 1.82) is 0 Å². The first-order valence-corrected chi connectivity index (χ1v) is 4.58. The third-order valence-electron chi connectivity index (χ3n) is 2.25. The molecule has 1 aromatic rings. The Morgan fingerprint density at radius 3 is 3.00 bits per heavy atom. The minimum absolute atomic E-state index is 0.388. The van der Waals surface area contributed by atoms with Crippen molar-refractivity contribution in [2.45, 2.75) is 6.42 Å². The molecule has 4 heteroatoms. The fourth-order valence-electron chi connectivity index (χ4n) is 1.56. The van der Waals surface area contributed by atoms with Gasteiger partial charge >= 0.3 is 0 Å². The lowest BCUT2D eigenvalue weighted by Gasteiger charge is -2.14. The van der Waals surface area contributed by atoms with Gasteiger partial charge in [0.25, 0.3) is 0 Å². The van der Waals surface area contributed by atoms with Gasteiger partial charge in [-0.15, -0.1) is 0 Å². The number of hydrogen-bond acceptors (Lipinski definition) is 3. The van der Waals surface area contributed by atoms with Gasteiger partial charge in [0.05, 0.1) is 17.6 Å². The molecule has 2 heterocycles. The van der Waals surface area contributed by atoms with Crippen LogP contribution >= 0.6 is 0 Å². The summed E-state index contributed by atoms with van der Waals surface area (Å²) in [5.41, 5.74) is 7.92. The predicted octanol–water partition coefficient (Wildman–Crippen LogP) is 1.18. The quantitative estimate of drug-likeness (QED) is 0.704. The van der Waals surface area contributed by atoms with E-state index in [1.807, 2.05) is 6.08 Å². The van der Waals surface area contributed by atoms with Gasteiger partial charge in [-0.2, -0.15) is 0 Å². The lowest BCUT2D eigenvalue weighted by atomic mass is 10.0. The third kappa shape index (κ3) is 1.75. The topological polar surface area (TPSA) is 50.9 Å². The highest BCUT2D eigenvalue weighted by molar-refractivity contribution is 5.72. The first-order chi connectivity index (χ1) is 6.77. The van der Waals surface area contributed by atoms with Gasteiger partial charge in [0.15, 0.2) is 0 Å². The summed E-state index contributed by atoms with van der Waals surface area (Å²) in [5, 5.41) is 3.20. The number of rotatable bonds is 1. The van der Waals surface area contributed by atoms with E-state index in [0.717, 1.165) is 25.1 Å². The van der Waals surface area contributed by atoms with Crippen LogP contribution < -0.4 is 11.1 Å². The van der Waals surface area contributed by atoms with Crippen LogP contribution in [-0.4, -0.2) is 18.1 Å². The molecule has 0 aliphatic carbocycles. The van der Waals surface area contributed by atoms with Crippen LogP contribution in [0, 0.1) is 5.82 Å². The van der Waals surface area contributed by atoms with Crippen molar-refractivity contribution in [1.82, 2.24) is 10.3 Å². The molecule has 14 heavy (non-hydrogen) atoms. The molecule has 0 spiro atoms. The van der Waals surface area contributed by atoms with Crippen LogP contribution in [0.1, 0.15) is 12.1 Å². The van der Waals surface area contributed by atoms with E-state index in [2.05, 4.69) is 10.3 Å². The standard InChI is InChI=1S/C10H12FN3/c11-8-5-9(12)10(14-6-8)7-1-3-13-4-2-7/h1,5-6,13H,2-4,12H2. The van der Waals surface area contributed by atoms with Gasteiger partial charge in [0, 0.05) is 12.6 Å². The smallest absolute Gasteiger partial charge is 0.143 e. The molecule has 1 aliphatic rings. The number of halogens is 1. The molecule has 0 unspecified atom stereocenters. The molecule has 74 valence electrons. The average Bonchev–Trinajstić information content (AvgIpc) is 2.19. The molecule has 2 rings (SSSR count). The molecule has 0 bridgehead atoms. The average molecular weight is 193 g/mol. The Balaban J connectivity index is 2.35. The Bertz CT molecular complexity index is 374. The van der Waals surface area contributed by atoms with Crippen molar-refractivity contribution in [2.24, 2.45) is 0 Å². The lowest BCUT2D eigenvalue weighted by molar-refractivity contribution is 0.621. The Kier molecular flexibility index (Phi) is 2.45. The number of hydrogen-bond donors (Lipinski definition) is 2. The summed E-state index contributed by atoms with van der Waals surface area (Å²) in [4.78, 5) is 4.01. The fourth-order valence-corrected chi connectivity index (χ4v) is 1.56. The largest absolute Gasteiger partial charge is 0.397 e. The number of anilines is 1. The second-order valence-electron chi connectivity index (χ2n) is 3.27. The van der Waals surface area contributed by atoms with Gasteiger partial charge in [0.2, 0.25) is 0 Å². The Morgan fingerprint density at radius 1 is 1.50 bits per heavy atom. The summed E-state index contributed by atoms with van der Waals surface area (Å²) >= 11 is 0. The minimum atomic E-state index is -0.388. The number of nitrogens with zero attached hydrogens (tertiary/aromatic N) is 1. The van der Waals surface area contributed by atoms with Crippen molar-refractivity contribution in [2.75, 3.05) is 18.8 Å². The van der Waals surface area contributed by atoms with Crippen LogP contribution in [-0.2, 0) is 0 Å². The zero-order valence-corrected chi connectivity index (χ0v) is 7.76. The predicted molar refractivity (Wildman–Crippen MR) is 54.1 cm³/mol. The van der Waals surface area contributed by atoms with Crippen molar-refractivity contribution >= 4 is 11.3 Å². The SMILES string of the molecule is Nc1cc(F)cnc1C1=CCNCC1. The first-order valence-electron chi connectivity index (χ1n) is 4.58. The maximum atomic E-state index is 12.7.